The molecule has 0 heterocycles. The van der Waals surface area contributed by atoms with Crippen molar-refractivity contribution in [2.24, 2.45) is 0 Å². The highest BCUT2D eigenvalue weighted by atomic mass is 19.1. The minimum atomic E-state index is -0.791. The van der Waals surface area contributed by atoms with E-state index < -0.39 is 6.10 Å². The van der Waals surface area contributed by atoms with Crippen LogP contribution in [-0.2, 0) is 6.42 Å². The molecule has 0 radical (unpaired) electrons. The van der Waals surface area contributed by atoms with Gasteiger partial charge in [-0.25, -0.2) is 4.39 Å². The lowest BCUT2D eigenvalue weighted by molar-refractivity contribution is 0.173. The summed E-state index contributed by atoms with van der Waals surface area (Å²) in [6, 6.07) is 10.3. The Bertz CT molecular complexity index is 608. The van der Waals surface area contributed by atoms with Gasteiger partial charge in [-0.3, -0.25) is 0 Å². The third kappa shape index (κ3) is 3.17. The fraction of sp³-hybridized carbons (Fsp3) is 0.294. The second kappa shape index (κ2) is 6.06. The molecule has 0 aliphatic rings. The topological polar surface area (TPSA) is 29.5 Å². The van der Waals surface area contributed by atoms with Crippen molar-refractivity contribution in [2.75, 3.05) is 7.11 Å². The molecule has 0 aromatic heterocycles. The standard InChI is InChI=1S/C17H19FO2/c1-11-4-5-12(2)13(8-11)9-16(19)15-10-14(18)6-7-17(15)20-3/h4-8,10,16,19H,9H2,1-3H3. The predicted octanol–water partition coefficient (Wildman–Crippen LogP) is 3.73. The third-order valence-corrected chi connectivity index (χ3v) is 3.47. The number of aliphatic hydroxyl groups excluding tert-OH is 1. The molecule has 0 bridgehead atoms. The second-order valence-electron chi connectivity index (χ2n) is 5.04. The minimum Gasteiger partial charge on any atom is -0.496 e. The molecule has 0 spiro atoms. The molecule has 0 saturated carbocycles. The Morgan fingerprint density at radius 1 is 1.15 bits per heavy atom. The number of methoxy groups -OCH3 is 1. The van der Waals surface area contributed by atoms with Gasteiger partial charge in [-0.05, 0) is 43.2 Å². The number of aryl methyl sites for hydroxylation is 2. The van der Waals surface area contributed by atoms with E-state index in [1.165, 1.54) is 25.3 Å². The van der Waals surface area contributed by atoms with E-state index in [0.717, 1.165) is 16.7 Å². The fourth-order valence-corrected chi connectivity index (χ4v) is 2.30. The summed E-state index contributed by atoms with van der Waals surface area (Å²) < 4.78 is 18.5. The highest BCUT2D eigenvalue weighted by molar-refractivity contribution is 5.38. The molecule has 0 aliphatic heterocycles. The first-order valence-corrected chi connectivity index (χ1v) is 6.59. The van der Waals surface area contributed by atoms with Crippen LogP contribution in [0.3, 0.4) is 0 Å². The number of hydrogen-bond acceptors (Lipinski definition) is 2. The van der Waals surface area contributed by atoms with Crippen LogP contribution in [0.15, 0.2) is 36.4 Å². The van der Waals surface area contributed by atoms with Gasteiger partial charge in [0.1, 0.15) is 11.6 Å². The zero-order valence-corrected chi connectivity index (χ0v) is 12.0. The van der Waals surface area contributed by atoms with Crippen molar-refractivity contribution in [1.82, 2.24) is 0 Å². The van der Waals surface area contributed by atoms with Crippen LogP contribution in [0.1, 0.15) is 28.4 Å². The molecule has 106 valence electrons. The van der Waals surface area contributed by atoms with Crippen molar-refractivity contribution in [3.63, 3.8) is 0 Å². The van der Waals surface area contributed by atoms with E-state index in [0.29, 0.717) is 17.7 Å². The first-order valence-electron chi connectivity index (χ1n) is 6.59. The largest absolute Gasteiger partial charge is 0.496 e. The summed E-state index contributed by atoms with van der Waals surface area (Å²) >= 11 is 0. The smallest absolute Gasteiger partial charge is 0.124 e. The van der Waals surface area contributed by atoms with Gasteiger partial charge in [-0.2, -0.15) is 0 Å². The van der Waals surface area contributed by atoms with Gasteiger partial charge in [0.2, 0.25) is 0 Å². The quantitative estimate of drug-likeness (QED) is 0.920. The van der Waals surface area contributed by atoms with E-state index in [9.17, 15) is 9.50 Å². The van der Waals surface area contributed by atoms with E-state index >= 15 is 0 Å². The van der Waals surface area contributed by atoms with Gasteiger partial charge in [0.05, 0.1) is 13.2 Å². The maximum atomic E-state index is 13.4. The molecule has 2 nitrogen and oxygen atoms in total. The lowest BCUT2D eigenvalue weighted by Crippen LogP contribution is -2.06. The molecule has 2 aromatic rings. The molecule has 3 heteroatoms. The van der Waals surface area contributed by atoms with Gasteiger partial charge in [0.25, 0.3) is 0 Å². The zero-order chi connectivity index (χ0) is 14.7. The number of rotatable bonds is 4. The zero-order valence-electron chi connectivity index (χ0n) is 12.0. The normalized spacial score (nSPS) is 12.2. The Kier molecular flexibility index (Phi) is 4.40. The highest BCUT2D eigenvalue weighted by Gasteiger charge is 2.16. The van der Waals surface area contributed by atoms with E-state index in [4.69, 9.17) is 4.74 Å². The summed E-state index contributed by atoms with van der Waals surface area (Å²) in [7, 11) is 1.52. The Morgan fingerprint density at radius 2 is 1.90 bits per heavy atom. The van der Waals surface area contributed by atoms with Crippen molar-refractivity contribution < 1.29 is 14.2 Å². The van der Waals surface area contributed by atoms with Crippen LogP contribution in [0, 0.1) is 19.7 Å². The lowest BCUT2D eigenvalue weighted by atomic mass is 9.96. The number of benzene rings is 2. The van der Waals surface area contributed by atoms with Gasteiger partial charge >= 0.3 is 0 Å². The summed E-state index contributed by atoms with van der Waals surface area (Å²) in [5.74, 6) is 0.130. The Hall–Kier alpha value is -1.87. The molecule has 0 saturated heterocycles. The summed E-state index contributed by atoms with van der Waals surface area (Å²) in [5.41, 5.74) is 3.80. The predicted molar refractivity (Wildman–Crippen MR) is 77.5 cm³/mol. The Morgan fingerprint density at radius 3 is 2.60 bits per heavy atom. The van der Waals surface area contributed by atoms with Gasteiger partial charge in [0, 0.05) is 12.0 Å². The SMILES string of the molecule is COc1ccc(F)cc1C(O)Cc1cc(C)ccc1C. The van der Waals surface area contributed by atoms with Gasteiger partial charge in [-0.1, -0.05) is 23.8 Å². The van der Waals surface area contributed by atoms with Gasteiger partial charge in [-0.15, -0.1) is 0 Å². The molecular formula is C17H19FO2. The third-order valence-electron chi connectivity index (χ3n) is 3.47. The number of hydrogen-bond donors (Lipinski definition) is 1. The molecule has 1 atom stereocenters. The lowest BCUT2D eigenvalue weighted by Gasteiger charge is -2.16. The highest BCUT2D eigenvalue weighted by Crippen LogP contribution is 2.29. The van der Waals surface area contributed by atoms with Crippen LogP contribution in [0.4, 0.5) is 4.39 Å². The van der Waals surface area contributed by atoms with E-state index in [1.54, 1.807) is 0 Å². The molecule has 2 aromatic carbocycles. The maximum absolute atomic E-state index is 13.4. The molecule has 1 N–H and O–H groups in total. The monoisotopic (exact) mass is 274 g/mol. The van der Waals surface area contributed by atoms with Crippen LogP contribution >= 0.6 is 0 Å². The van der Waals surface area contributed by atoms with Gasteiger partial charge in [0.15, 0.2) is 0 Å². The Labute approximate surface area is 118 Å². The van der Waals surface area contributed by atoms with Crippen molar-refractivity contribution >= 4 is 0 Å². The van der Waals surface area contributed by atoms with Crippen LogP contribution in [0.5, 0.6) is 5.75 Å². The average molecular weight is 274 g/mol. The molecule has 2 rings (SSSR count). The first kappa shape index (κ1) is 14.5. The number of halogens is 1. The second-order valence-corrected chi connectivity index (χ2v) is 5.04. The van der Waals surface area contributed by atoms with Crippen LogP contribution in [-0.4, -0.2) is 12.2 Å². The molecule has 20 heavy (non-hydrogen) atoms. The van der Waals surface area contributed by atoms with Crippen LogP contribution in [0.25, 0.3) is 0 Å². The summed E-state index contributed by atoms with van der Waals surface area (Å²) in [6.07, 6.45) is -0.353. The van der Waals surface area contributed by atoms with Crippen LogP contribution in [0.2, 0.25) is 0 Å². The van der Waals surface area contributed by atoms with Gasteiger partial charge < -0.3 is 9.84 Å². The van der Waals surface area contributed by atoms with E-state index in [1.807, 2.05) is 32.0 Å². The average Bonchev–Trinajstić information content (AvgIpc) is 2.42. The Balaban J connectivity index is 2.30. The van der Waals surface area contributed by atoms with Crippen molar-refractivity contribution in [2.45, 2.75) is 26.4 Å². The summed E-state index contributed by atoms with van der Waals surface area (Å²) in [5, 5.41) is 10.4. The summed E-state index contributed by atoms with van der Waals surface area (Å²) in [6.45, 7) is 4.02. The molecular weight excluding hydrogens is 255 g/mol. The molecule has 0 fully saturated rings. The van der Waals surface area contributed by atoms with Crippen molar-refractivity contribution in [1.29, 1.82) is 0 Å². The van der Waals surface area contributed by atoms with Crippen molar-refractivity contribution in [3.05, 3.63) is 64.5 Å². The fourth-order valence-electron chi connectivity index (χ4n) is 2.30. The van der Waals surface area contributed by atoms with Crippen molar-refractivity contribution in [3.8, 4) is 5.75 Å². The van der Waals surface area contributed by atoms with E-state index in [-0.39, 0.29) is 5.82 Å². The number of aliphatic hydroxyl groups is 1. The van der Waals surface area contributed by atoms with Crippen LogP contribution < -0.4 is 4.74 Å². The molecule has 1 unspecified atom stereocenters. The van der Waals surface area contributed by atoms with E-state index in [2.05, 4.69) is 0 Å². The molecule has 0 aliphatic carbocycles. The summed E-state index contributed by atoms with van der Waals surface area (Å²) in [4.78, 5) is 0. The molecule has 0 amide bonds. The number of ether oxygens (including phenoxy) is 1. The maximum Gasteiger partial charge on any atom is 0.124 e. The first-order chi connectivity index (χ1) is 9.51. The minimum absolute atomic E-state index is 0.374.